The lowest BCUT2D eigenvalue weighted by atomic mass is 10.2. The first-order chi connectivity index (χ1) is 8.80. The molecule has 98 valence electrons. The highest BCUT2D eigenvalue weighted by molar-refractivity contribution is 5.27. The third kappa shape index (κ3) is 5.17. The lowest BCUT2D eigenvalue weighted by molar-refractivity contribution is 0.145. The van der Waals surface area contributed by atoms with Gasteiger partial charge in [-0.3, -0.25) is 4.90 Å². The summed E-state index contributed by atoms with van der Waals surface area (Å²) in [6.07, 6.45) is 0.542. The molecule has 0 aliphatic carbocycles. The van der Waals surface area contributed by atoms with Crippen molar-refractivity contribution in [3.63, 3.8) is 0 Å². The maximum Gasteiger partial charge on any atom is 0.118 e. The zero-order valence-electron chi connectivity index (χ0n) is 11.1. The molecule has 1 rings (SSSR count). The van der Waals surface area contributed by atoms with Crippen LogP contribution in [0, 0.1) is 11.3 Å². The lowest BCUT2D eigenvalue weighted by Crippen LogP contribution is -2.27. The maximum absolute atomic E-state index is 8.65. The van der Waals surface area contributed by atoms with Crippen LogP contribution in [0.5, 0.6) is 5.75 Å². The van der Waals surface area contributed by atoms with E-state index in [1.54, 1.807) is 14.2 Å². The fourth-order valence-corrected chi connectivity index (χ4v) is 1.69. The summed E-state index contributed by atoms with van der Waals surface area (Å²) < 4.78 is 10.2. The van der Waals surface area contributed by atoms with E-state index in [0.717, 1.165) is 25.4 Å². The molecule has 0 heterocycles. The first-order valence-electron chi connectivity index (χ1n) is 6.01. The molecule has 0 aliphatic rings. The second-order valence-corrected chi connectivity index (χ2v) is 4.03. The van der Waals surface area contributed by atoms with E-state index in [1.807, 2.05) is 24.3 Å². The minimum absolute atomic E-state index is 0.542. The fourth-order valence-electron chi connectivity index (χ4n) is 1.69. The molecular formula is C14H20N2O2. The molecule has 0 bridgehead atoms. The highest BCUT2D eigenvalue weighted by atomic mass is 16.5. The van der Waals surface area contributed by atoms with Crippen molar-refractivity contribution in [1.82, 2.24) is 4.90 Å². The molecule has 4 nitrogen and oxygen atoms in total. The average Bonchev–Trinajstić information content (AvgIpc) is 2.42. The molecule has 0 fully saturated rings. The molecule has 0 aliphatic heterocycles. The number of ether oxygens (including phenoxy) is 2. The van der Waals surface area contributed by atoms with E-state index in [9.17, 15) is 0 Å². The van der Waals surface area contributed by atoms with Gasteiger partial charge in [0.15, 0.2) is 0 Å². The lowest BCUT2D eigenvalue weighted by Gasteiger charge is -2.20. The largest absolute Gasteiger partial charge is 0.497 e. The first kappa shape index (κ1) is 14.5. The Hall–Kier alpha value is -1.57. The molecule has 0 amide bonds. The molecule has 0 saturated carbocycles. The van der Waals surface area contributed by atoms with Crippen LogP contribution < -0.4 is 4.74 Å². The van der Waals surface area contributed by atoms with Gasteiger partial charge in [0, 0.05) is 33.2 Å². The predicted octanol–water partition coefficient (Wildman–Crippen LogP) is 2.06. The van der Waals surface area contributed by atoms with Gasteiger partial charge in [-0.2, -0.15) is 5.26 Å². The Bertz CT molecular complexity index is 370. The van der Waals surface area contributed by atoms with Crippen LogP contribution in [-0.2, 0) is 11.3 Å². The molecular weight excluding hydrogens is 228 g/mol. The number of methoxy groups -OCH3 is 2. The van der Waals surface area contributed by atoms with Crippen LogP contribution in [0.1, 0.15) is 12.0 Å². The Morgan fingerprint density at radius 1 is 1.17 bits per heavy atom. The smallest absolute Gasteiger partial charge is 0.118 e. The Balaban J connectivity index is 2.54. The molecule has 0 aromatic heterocycles. The molecule has 1 aromatic rings. The van der Waals surface area contributed by atoms with Crippen molar-refractivity contribution in [1.29, 1.82) is 5.26 Å². The molecule has 1 aromatic carbocycles. The summed E-state index contributed by atoms with van der Waals surface area (Å²) in [7, 11) is 3.35. The Morgan fingerprint density at radius 2 is 1.89 bits per heavy atom. The van der Waals surface area contributed by atoms with Crippen molar-refractivity contribution >= 4 is 0 Å². The molecule has 0 atom stereocenters. The number of hydrogen-bond acceptors (Lipinski definition) is 4. The summed E-state index contributed by atoms with van der Waals surface area (Å²) in [5.74, 6) is 0.860. The van der Waals surface area contributed by atoms with E-state index < -0.39 is 0 Å². The van der Waals surface area contributed by atoms with Crippen LogP contribution in [0.4, 0.5) is 0 Å². The van der Waals surface area contributed by atoms with Gasteiger partial charge in [-0.1, -0.05) is 12.1 Å². The van der Waals surface area contributed by atoms with Gasteiger partial charge in [0.1, 0.15) is 5.75 Å². The van der Waals surface area contributed by atoms with Gasteiger partial charge in [-0.25, -0.2) is 0 Å². The second-order valence-electron chi connectivity index (χ2n) is 4.03. The van der Waals surface area contributed by atoms with E-state index >= 15 is 0 Å². The van der Waals surface area contributed by atoms with Gasteiger partial charge in [-0.05, 0) is 17.7 Å². The zero-order valence-corrected chi connectivity index (χ0v) is 11.1. The van der Waals surface area contributed by atoms with E-state index in [-0.39, 0.29) is 0 Å². The van der Waals surface area contributed by atoms with E-state index in [0.29, 0.717) is 13.0 Å². The number of hydrogen-bond donors (Lipinski definition) is 0. The number of benzene rings is 1. The van der Waals surface area contributed by atoms with Gasteiger partial charge in [0.2, 0.25) is 0 Å². The van der Waals surface area contributed by atoms with Crippen molar-refractivity contribution in [3.8, 4) is 11.8 Å². The second kappa shape index (κ2) is 8.51. The van der Waals surface area contributed by atoms with Gasteiger partial charge in [-0.15, -0.1) is 0 Å². The van der Waals surface area contributed by atoms with Gasteiger partial charge in [0.05, 0.1) is 19.8 Å². The number of rotatable bonds is 8. The maximum atomic E-state index is 8.65. The van der Waals surface area contributed by atoms with Crippen LogP contribution in [0.2, 0.25) is 0 Å². The molecule has 0 radical (unpaired) electrons. The van der Waals surface area contributed by atoms with Crippen molar-refractivity contribution in [2.45, 2.75) is 13.0 Å². The third-order valence-electron chi connectivity index (χ3n) is 2.72. The van der Waals surface area contributed by atoms with Crippen molar-refractivity contribution in [3.05, 3.63) is 29.8 Å². The summed E-state index contributed by atoms with van der Waals surface area (Å²) in [5.41, 5.74) is 1.21. The topological polar surface area (TPSA) is 45.5 Å². The number of nitrogens with zero attached hydrogens (tertiary/aromatic N) is 2. The first-order valence-corrected chi connectivity index (χ1v) is 6.01. The Labute approximate surface area is 109 Å². The van der Waals surface area contributed by atoms with Crippen molar-refractivity contribution in [2.24, 2.45) is 0 Å². The zero-order chi connectivity index (χ0) is 13.2. The summed E-state index contributed by atoms with van der Waals surface area (Å²) in [6.45, 7) is 3.12. The Morgan fingerprint density at radius 3 is 2.44 bits per heavy atom. The normalized spacial score (nSPS) is 10.3. The van der Waals surface area contributed by atoms with E-state index in [2.05, 4.69) is 11.0 Å². The molecule has 18 heavy (non-hydrogen) atoms. The highest BCUT2D eigenvalue weighted by Crippen LogP contribution is 2.13. The summed E-state index contributed by atoms with van der Waals surface area (Å²) >= 11 is 0. The van der Waals surface area contributed by atoms with E-state index in [4.69, 9.17) is 14.7 Å². The fraction of sp³-hybridized carbons (Fsp3) is 0.500. The SMILES string of the molecule is COCCN(CCC#N)Cc1ccc(OC)cc1. The molecule has 0 spiro atoms. The summed E-state index contributed by atoms with van der Waals surface area (Å²) in [5, 5.41) is 8.65. The van der Waals surface area contributed by atoms with Crippen LogP contribution >= 0.6 is 0 Å². The monoisotopic (exact) mass is 248 g/mol. The van der Waals surface area contributed by atoms with Crippen molar-refractivity contribution < 1.29 is 9.47 Å². The van der Waals surface area contributed by atoms with Crippen molar-refractivity contribution in [2.75, 3.05) is 33.9 Å². The van der Waals surface area contributed by atoms with Gasteiger partial charge >= 0.3 is 0 Å². The third-order valence-corrected chi connectivity index (χ3v) is 2.72. The Kier molecular flexibility index (Phi) is 6.85. The van der Waals surface area contributed by atoms with Crippen LogP contribution in [0.3, 0.4) is 0 Å². The predicted molar refractivity (Wildman–Crippen MR) is 70.4 cm³/mol. The van der Waals surface area contributed by atoms with Crippen LogP contribution in [0.25, 0.3) is 0 Å². The van der Waals surface area contributed by atoms with Crippen LogP contribution in [0.15, 0.2) is 24.3 Å². The van der Waals surface area contributed by atoms with Gasteiger partial charge < -0.3 is 9.47 Å². The molecule has 0 saturated heterocycles. The molecule has 4 heteroatoms. The van der Waals surface area contributed by atoms with E-state index in [1.165, 1.54) is 5.56 Å². The quantitative estimate of drug-likeness (QED) is 0.706. The highest BCUT2D eigenvalue weighted by Gasteiger charge is 2.05. The average molecular weight is 248 g/mol. The standard InChI is InChI=1S/C14H20N2O2/c1-17-11-10-16(9-3-8-15)12-13-4-6-14(18-2)7-5-13/h4-7H,3,9-12H2,1-2H3. The van der Waals surface area contributed by atoms with Gasteiger partial charge in [0.25, 0.3) is 0 Å². The number of nitriles is 1. The minimum Gasteiger partial charge on any atom is -0.497 e. The molecule has 0 N–H and O–H groups in total. The summed E-state index contributed by atoms with van der Waals surface area (Å²) in [4.78, 5) is 2.22. The molecule has 0 unspecified atom stereocenters. The summed E-state index contributed by atoms with van der Waals surface area (Å²) in [6, 6.07) is 10.2. The van der Waals surface area contributed by atoms with Crippen LogP contribution in [-0.4, -0.2) is 38.8 Å². The minimum atomic E-state index is 0.542.